The first-order valence-electron chi connectivity index (χ1n) is 9.25. The normalized spacial score (nSPS) is 11.4. The van der Waals surface area contributed by atoms with Crippen molar-refractivity contribution in [3.63, 3.8) is 0 Å². The highest BCUT2D eigenvalue weighted by Gasteiger charge is 2.16. The van der Waals surface area contributed by atoms with Gasteiger partial charge < -0.3 is 14.4 Å². The molecule has 150 valence electrons. The molecule has 0 bridgehead atoms. The van der Waals surface area contributed by atoms with Gasteiger partial charge in [0, 0.05) is 35.1 Å². The molecular formula is C21H17ClN6O2. The van der Waals surface area contributed by atoms with Gasteiger partial charge in [-0.25, -0.2) is 14.5 Å². The van der Waals surface area contributed by atoms with Gasteiger partial charge in [-0.1, -0.05) is 23.7 Å². The Morgan fingerprint density at radius 3 is 2.73 bits per heavy atom. The smallest absolute Gasteiger partial charge is 0.241 e. The fraction of sp³-hybridized carbons (Fsp3) is 0.143. The monoisotopic (exact) mass is 420 g/mol. The lowest BCUT2D eigenvalue weighted by atomic mass is 10.1. The second-order valence-electron chi connectivity index (χ2n) is 6.76. The number of aromatic nitrogens is 6. The predicted molar refractivity (Wildman–Crippen MR) is 113 cm³/mol. The maximum atomic E-state index is 9.84. The SMILES string of the molecule is COc1ncnn2ccc(-c3cnc4nc(CO)n(Cc5ccc(Cl)cc5)c4c3)c12. The van der Waals surface area contributed by atoms with Crippen LogP contribution in [0, 0.1) is 0 Å². The fourth-order valence-electron chi connectivity index (χ4n) is 3.58. The number of pyridine rings is 1. The molecule has 0 amide bonds. The number of fused-ring (bicyclic) bond motifs is 2. The molecule has 4 heterocycles. The summed E-state index contributed by atoms with van der Waals surface area (Å²) in [6.45, 7) is 0.355. The zero-order valence-corrected chi connectivity index (χ0v) is 16.8. The quantitative estimate of drug-likeness (QED) is 0.469. The summed E-state index contributed by atoms with van der Waals surface area (Å²) >= 11 is 6.01. The topological polar surface area (TPSA) is 90.4 Å². The van der Waals surface area contributed by atoms with E-state index in [0.29, 0.717) is 28.9 Å². The average molecular weight is 421 g/mol. The zero-order chi connectivity index (χ0) is 20.7. The lowest BCUT2D eigenvalue weighted by Gasteiger charge is -2.09. The maximum absolute atomic E-state index is 9.84. The van der Waals surface area contributed by atoms with Crippen LogP contribution in [0.4, 0.5) is 0 Å². The van der Waals surface area contributed by atoms with E-state index in [4.69, 9.17) is 16.3 Å². The minimum atomic E-state index is -0.184. The molecule has 9 heteroatoms. The molecule has 0 aliphatic heterocycles. The summed E-state index contributed by atoms with van der Waals surface area (Å²) in [6.07, 6.45) is 5.06. The Labute approximate surface area is 176 Å². The average Bonchev–Trinajstić information content (AvgIpc) is 3.36. The molecule has 0 saturated carbocycles. The molecule has 0 aliphatic rings. The summed E-state index contributed by atoms with van der Waals surface area (Å²) in [7, 11) is 1.58. The number of nitrogens with zero attached hydrogens (tertiary/aromatic N) is 6. The van der Waals surface area contributed by atoms with Crippen molar-refractivity contribution < 1.29 is 9.84 Å². The van der Waals surface area contributed by atoms with Crippen molar-refractivity contribution in [2.45, 2.75) is 13.2 Å². The van der Waals surface area contributed by atoms with Crippen LogP contribution in [0.25, 0.3) is 27.8 Å². The Morgan fingerprint density at radius 1 is 1.13 bits per heavy atom. The third kappa shape index (κ3) is 3.06. The number of ether oxygens (including phenoxy) is 1. The van der Waals surface area contributed by atoms with E-state index in [2.05, 4.69) is 20.1 Å². The van der Waals surface area contributed by atoms with Gasteiger partial charge in [-0.15, -0.1) is 0 Å². The Hall–Kier alpha value is -3.49. The van der Waals surface area contributed by atoms with Crippen LogP contribution < -0.4 is 4.74 Å². The highest BCUT2D eigenvalue weighted by atomic mass is 35.5. The second kappa shape index (κ2) is 7.40. The molecule has 5 aromatic rings. The van der Waals surface area contributed by atoms with Gasteiger partial charge in [0.25, 0.3) is 0 Å². The summed E-state index contributed by atoms with van der Waals surface area (Å²) < 4.78 is 9.09. The second-order valence-corrected chi connectivity index (χ2v) is 7.19. The van der Waals surface area contributed by atoms with Crippen molar-refractivity contribution in [2.24, 2.45) is 0 Å². The molecule has 0 atom stereocenters. The van der Waals surface area contributed by atoms with Crippen LogP contribution in [-0.4, -0.2) is 41.3 Å². The van der Waals surface area contributed by atoms with Crippen LogP contribution in [0.15, 0.2) is 55.1 Å². The van der Waals surface area contributed by atoms with Gasteiger partial charge in [0.1, 0.15) is 24.3 Å². The molecule has 1 N–H and O–H groups in total. The van der Waals surface area contributed by atoms with E-state index in [9.17, 15) is 5.11 Å². The minimum Gasteiger partial charge on any atom is -0.479 e. The van der Waals surface area contributed by atoms with Gasteiger partial charge in [0.05, 0.1) is 12.6 Å². The number of hydrogen-bond donors (Lipinski definition) is 1. The van der Waals surface area contributed by atoms with Gasteiger partial charge in [-0.3, -0.25) is 0 Å². The largest absolute Gasteiger partial charge is 0.479 e. The van der Waals surface area contributed by atoms with Crippen molar-refractivity contribution in [1.82, 2.24) is 29.1 Å². The number of aliphatic hydroxyl groups is 1. The first-order chi connectivity index (χ1) is 14.7. The molecule has 8 nitrogen and oxygen atoms in total. The van der Waals surface area contributed by atoms with E-state index in [1.165, 1.54) is 6.33 Å². The Bertz CT molecular complexity index is 1360. The maximum Gasteiger partial charge on any atom is 0.241 e. The Kier molecular flexibility index (Phi) is 4.57. The van der Waals surface area contributed by atoms with Crippen LogP contribution in [-0.2, 0) is 13.2 Å². The fourth-order valence-corrected chi connectivity index (χ4v) is 3.70. The van der Waals surface area contributed by atoms with Crippen molar-refractivity contribution in [3.05, 3.63) is 71.5 Å². The molecule has 0 saturated heterocycles. The van der Waals surface area contributed by atoms with E-state index in [1.54, 1.807) is 17.8 Å². The van der Waals surface area contributed by atoms with Crippen LogP contribution in [0.2, 0.25) is 5.02 Å². The summed E-state index contributed by atoms with van der Waals surface area (Å²) in [5, 5.41) is 14.8. The van der Waals surface area contributed by atoms with Gasteiger partial charge in [-0.05, 0) is 29.8 Å². The van der Waals surface area contributed by atoms with E-state index in [1.807, 2.05) is 47.2 Å². The number of imidazole rings is 1. The van der Waals surface area contributed by atoms with Gasteiger partial charge >= 0.3 is 0 Å². The molecule has 0 spiro atoms. The molecule has 30 heavy (non-hydrogen) atoms. The Balaban J connectivity index is 1.66. The van der Waals surface area contributed by atoms with Gasteiger partial charge in [0.15, 0.2) is 5.65 Å². The number of methoxy groups -OCH3 is 1. The third-order valence-corrected chi connectivity index (χ3v) is 5.26. The first kappa shape index (κ1) is 18.5. The Morgan fingerprint density at radius 2 is 1.97 bits per heavy atom. The molecule has 5 rings (SSSR count). The molecular weight excluding hydrogens is 404 g/mol. The summed E-state index contributed by atoms with van der Waals surface area (Å²) in [4.78, 5) is 13.2. The lowest BCUT2D eigenvalue weighted by molar-refractivity contribution is 0.267. The number of hydrogen-bond acceptors (Lipinski definition) is 6. The molecule has 1 aromatic carbocycles. The highest BCUT2D eigenvalue weighted by molar-refractivity contribution is 6.30. The van der Waals surface area contributed by atoms with Crippen LogP contribution in [0.5, 0.6) is 5.88 Å². The zero-order valence-electron chi connectivity index (χ0n) is 16.0. The standard InChI is InChI=1S/C21H17ClN6O2/c1-30-21-19-16(6-7-28(19)25-12-24-21)14-8-17-20(23-9-14)26-18(11-29)27(17)10-13-2-4-15(22)5-3-13/h2-9,12,29H,10-11H2,1H3. The van der Waals surface area contributed by atoms with Crippen molar-refractivity contribution in [3.8, 4) is 17.0 Å². The van der Waals surface area contributed by atoms with Gasteiger partial charge in [-0.2, -0.15) is 10.1 Å². The number of rotatable bonds is 5. The molecule has 0 radical (unpaired) electrons. The number of benzene rings is 1. The van der Waals surface area contributed by atoms with Gasteiger partial charge in [0.2, 0.25) is 5.88 Å². The van der Waals surface area contributed by atoms with Crippen LogP contribution in [0.3, 0.4) is 0 Å². The molecule has 4 aromatic heterocycles. The predicted octanol–water partition coefficient (Wildman–Crippen LogP) is 3.34. The van der Waals surface area contributed by atoms with Crippen molar-refractivity contribution in [2.75, 3.05) is 7.11 Å². The minimum absolute atomic E-state index is 0.184. The molecule has 0 aliphatic carbocycles. The van der Waals surface area contributed by atoms with E-state index in [-0.39, 0.29) is 6.61 Å². The summed E-state index contributed by atoms with van der Waals surface area (Å²) in [5.74, 6) is 1.03. The van der Waals surface area contributed by atoms with Crippen molar-refractivity contribution in [1.29, 1.82) is 0 Å². The van der Waals surface area contributed by atoms with Crippen LogP contribution in [0.1, 0.15) is 11.4 Å². The van der Waals surface area contributed by atoms with E-state index in [0.717, 1.165) is 27.7 Å². The number of aliphatic hydroxyl groups excluding tert-OH is 1. The van der Waals surface area contributed by atoms with Crippen LogP contribution >= 0.6 is 11.6 Å². The molecule has 0 unspecified atom stereocenters. The highest BCUT2D eigenvalue weighted by Crippen LogP contribution is 2.31. The van der Waals surface area contributed by atoms with Crippen molar-refractivity contribution >= 4 is 28.3 Å². The molecule has 0 fully saturated rings. The summed E-state index contributed by atoms with van der Waals surface area (Å²) in [5.41, 5.74) is 4.96. The lowest BCUT2D eigenvalue weighted by Crippen LogP contribution is -2.05. The first-order valence-corrected chi connectivity index (χ1v) is 9.63. The van der Waals surface area contributed by atoms with E-state index >= 15 is 0 Å². The van der Waals surface area contributed by atoms with E-state index < -0.39 is 0 Å². The number of halogens is 1. The third-order valence-electron chi connectivity index (χ3n) is 5.00. The summed E-state index contributed by atoms with van der Waals surface area (Å²) in [6, 6.07) is 11.6.